The van der Waals surface area contributed by atoms with Gasteiger partial charge in [0.1, 0.15) is 0 Å². The molecule has 0 saturated carbocycles. The molecule has 0 bridgehead atoms. The van der Waals surface area contributed by atoms with Crippen LogP contribution >= 0.6 is 0 Å². The number of fused-ring (bicyclic) bond motifs is 1. The first-order chi connectivity index (χ1) is 5.29. The first-order valence-electron chi connectivity index (χ1n) is 3.45. The molecule has 56 valence electrons. The first-order valence-corrected chi connectivity index (χ1v) is 3.45. The average Bonchev–Trinajstić information content (AvgIpc) is 2.30. The molecule has 0 fully saturated rings. The molecule has 0 aliphatic rings. The van der Waals surface area contributed by atoms with Crippen LogP contribution < -0.4 is 5.56 Å². The van der Waals surface area contributed by atoms with Crippen LogP contribution in [0.5, 0.6) is 0 Å². The molecule has 2 rings (SSSR count). The summed E-state index contributed by atoms with van der Waals surface area (Å²) in [6.45, 7) is 1.90. The Morgan fingerprint density at radius 3 is 2.45 bits per heavy atom. The zero-order valence-corrected chi connectivity index (χ0v) is 6.19. The van der Waals surface area contributed by atoms with E-state index in [1.807, 2.05) is 29.8 Å². The van der Waals surface area contributed by atoms with Crippen LogP contribution in [0.4, 0.5) is 0 Å². The third-order valence-electron chi connectivity index (χ3n) is 1.72. The Morgan fingerprint density at radius 2 is 1.82 bits per heavy atom. The molecule has 0 aromatic carbocycles. The molecule has 11 heavy (non-hydrogen) atoms. The van der Waals surface area contributed by atoms with E-state index >= 15 is 0 Å². The van der Waals surface area contributed by atoms with Crippen molar-refractivity contribution >= 4 is 0 Å². The van der Waals surface area contributed by atoms with Gasteiger partial charge in [-0.15, -0.1) is 0 Å². The van der Waals surface area contributed by atoms with Gasteiger partial charge in [-0.25, -0.2) is 4.52 Å². The van der Waals surface area contributed by atoms with E-state index in [0.29, 0.717) is 0 Å². The predicted octanol–water partition coefficient (Wildman–Crippen LogP) is 0.707. The van der Waals surface area contributed by atoms with Gasteiger partial charge in [-0.2, -0.15) is 0 Å². The quantitative estimate of drug-likeness (QED) is 0.540. The molecular formula is C8H8N2O. The molecule has 0 aliphatic heterocycles. The van der Waals surface area contributed by atoms with Gasteiger partial charge in [0.15, 0.2) is 0 Å². The minimum atomic E-state index is 0.0168. The third-order valence-corrected chi connectivity index (χ3v) is 1.72. The van der Waals surface area contributed by atoms with Crippen molar-refractivity contribution in [2.45, 2.75) is 6.92 Å². The molecule has 0 spiro atoms. The summed E-state index contributed by atoms with van der Waals surface area (Å²) in [5, 5.41) is 0. The Morgan fingerprint density at radius 1 is 1.18 bits per heavy atom. The lowest BCUT2D eigenvalue weighted by molar-refractivity contribution is 0.773. The van der Waals surface area contributed by atoms with Crippen molar-refractivity contribution in [1.29, 1.82) is 0 Å². The molecule has 0 atom stereocenters. The van der Waals surface area contributed by atoms with Crippen LogP contribution in [-0.4, -0.2) is 9.03 Å². The van der Waals surface area contributed by atoms with Gasteiger partial charge in [0.2, 0.25) is 0 Å². The zero-order valence-electron chi connectivity index (χ0n) is 6.19. The predicted molar refractivity (Wildman–Crippen MR) is 41.9 cm³/mol. The summed E-state index contributed by atoms with van der Waals surface area (Å²) in [5.41, 5.74) is 0.971. The number of rotatable bonds is 0. The standard InChI is InChI=1S/C8H8N2O/c1-7-6-8(11)10-5-3-2-4-9(7)10/h2-6H,1H3. The largest absolute Gasteiger partial charge is 0.271 e. The zero-order chi connectivity index (χ0) is 7.84. The van der Waals surface area contributed by atoms with Crippen LogP contribution in [0.15, 0.2) is 35.4 Å². The number of hydrogen-bond donors (Lipinski definition) is 0. The first kappa shape index (κ1) is 6.22. The summed E-state index contributed by atoms with van der Waals surface area (Å²) in [7, 11) is 0. The average molecular weight is 148 g/mol. The second kappa shape index (κ2) is 1.99. The lowest BCUT2D eigenvalue weighted by Gasteiger charge is -1.95. The van der Waals surface area contributed by atoms with Gasteiger partial charge in [-0.1, -0.05) is 0 Å². The number of hydrogen-bond acceptors (Lipinski definition) is 1. The second-order valence-electron chi connectivity index (χ2n) is 2.50. The molecule has 0 radical (unpaired) electrons. The number of aryl methyl sites for hydroxylation is 1. The van der Waals surface area contributed by atoms with E-state index in [1.54, 1.807) is 16.8 Å². The molecule has 3 heteroatoms. The third kappa shape index (κ3) is 0.774. The number of nitrogens with zero attached hydrogens (tertiary/aromatic N) is 2. The summed E-state index contributed by atoms with van der Waals surface area (Å²) in [6.07, 6.45) is 3.60. The highest BCUT2D eigenvalue weighted by molar-refractivity contribution is 5.03. The van der Waals surface area contributed by atoms with E-state index < -0.39 is 0 Å². The molecule has 0 amide bonds. The fourth-order valence-electron chi connectivity index (χ4n) is 1.18. The highest BCUT2D eigenvalue weighted by atomic mass is 16.1. The van der Waals surface area contributed by atoms with Gasteiger partial charge >= 0.3 is 0 Å². The van der Waals surface area contributed by atoms with Crippen LogP contribution in [-0.2, 0) is 0 Å². The fourth-order valence-corrected chi connectivity index (χ4v) is 1.18. The second-order valence-corrected chi connectivity index (χ2v) is 2.50. The Balaban J connectivity index is 3.07. The van der Waals surface area contributed by atoms with Crippen LogP contribution in [0.25, 0.3) is 0 Å². The molecule has 2 aromatic heterocycles. The molecule has 0 unspecified atom stereocenters. The van der Waals surface area contributed by atoms with E-state index in [1.165, 1.54) is 0 Å². The van der Waals surface area contributed by atoms with Crippen LogP contribution in [0.1, 0.15) is 5.69 Å². The maximum Gasteiger partial charge on any atom is 0.271 e. The Kier molecular flexibility index (Phi) is 1.12. The summed E-state index contributed by atoms with van der Waals surface area (Å²) in [4.78, 5) is 11.1. The molecule has 2 heterocycles. The molecule has 0 aliphatic carbocycles. The summed E-state index contributed by atoms with van der Waals surface area (Å²) in [6, 6.07) is 5.34. The van der Waals surface area contributed by atoms with E-state index in [0.717, 1.165) is 5.69 Å². The topological polar surface area (TPSA) is 25.9 Å². The highest BCUT2D eigenvalue weighted by Crippen LogP contribution is 1.92. The summed E-state index contributed by atoms with van der Waals surface area (Å²) >= 11 is 0. The van der Waals surface area contributed by atoms with Crippen molar-refractivity contribution < 1.29 is 0 Å². The molecule has 2 aromatic rings. The smallest absolute Gasteiger partial charge is 0.267 e. The summed E-state index contributed by atoms with van der Waals surface area (Å²) in [5.74, 6) is 0. The van der Waals surface area contributed by atoms with Crippen molar-refractivity contribution in [3.8, 4) is 0 Å². The van der Waals surface area contributed by atoms with Gasteiger partial charge in [0.25, 0.3) is 5.56 Å². The maximum absolute atomic E-state index is 11.1. The van der Waals surface area contributed by atoms with Crippen molar-refractivity contribution in [1.82, 2.24) is 9.03 Å². The van der Waals surface area contributed by atoms with Crippen molar-refractivity contribution in [2.24, 2.45) is 0 Å². The Bertz CT molecular complexity index is 439. The van der Waals surface area contributed by atoms with Crippen LogP contribution in [0, 0.1) is 6.92 Å². The lowest BCUT2D eigenvalue weighted by atomic mass is 10.5. The highest BCUT2D eigenvalue weighted by Gasteiger charge is 1.96. The van der Waals surface area contributed by atoms with E-state index in [4.69, 9.17) is 0 Å². The monoisotopic (exact) mass is 148 g/mol. The van der Waals surface area contributed by atoms with Gasteiger partial charge in [0.05, 0.1) is 0 Å². The van der Waals surface area contributed by atoms with Gasteiger partial charge in [0, 0.05) is 24.2 Å². The van der Waals surface area contributed by atoms with Gasteiger partial charge in [-0.05, 0) is 19.1 Å². The van der Waals surface area contributed by atoms with Gasteiger partial charge in [-0.3, -0.25) is 9.31 Å². The van der Waals surface area contributed by atoms with Crippen molar-refractivity contribution in [3.05, 3.63) is 46.6 Å². The lowest BCUT2D eigenvalue weighted by Crippen LogP contribution is -2.09. The van der Waals surface area contributed by atoms with Crippen molar-refractivity contribution in [2.75, 3.05) is 0 Å². The number of aromatic nitrogens is 2. The van der Waals surface area contributed by atoms with Crippen LogP contribution in [0.3, 0.4) is 0 Å². The normalized spacial score (nSPS) is 10.6. The van der Waals surface area contributed by atoms with Gasteiger partial charge < -0.3 is 0 Å². The molecule has 0 saturated heterocycles. The fraction of sp³-hybridized carbons (Fsp3) is 0.125. The van der Waals surface area contributed by atoms with Crippen LogP contribution in [0.2, 0.25) is 0 Å². The Labute approximate surface area is 63.5 Å². The van der Waals surface area contributed by atoms with E-state index in [-0.39, 0.29) is 5.56 Å². The molecule has 3 nitrogen and oxygen atoms in total. The molecule has 0 N–H and O–H groups in total. The SMILES string of the molecule is Cc1cc(=O)n2ccccn12. The minimum absolute atomic E-state index is 0.0168. The molecular weight excluding hydrogens is 140 g/mol. The van der Waals surface area contributed by atoms with E-state index in [9.17, 15) is 4.79 Å². The Hall–Kier alpha value is -1.51. The summed E-state index contributed by atoms with van der Waals surface area (Å²) < 4.78 is 3.37. The van der Waals surface area contributed by atoms with Crippen molar-refractivity contribution in [3.63, 3.8) is 0 Å². The minimum Gasteiger partial charge on any atom is -0.267 e. The van der Waals surface area contributed by atoms with E-state index in [2.05, 4.69) is 0 Å². The maximum atomic E-state index is 11.1.